The Kier molecular flexibility index (Phi) is 4.83. The summed E-state index contributed by atoms with van der Waals surface area (Å²) >= 11 is 5.71. The lowest BCUT2D eigenvalue weighted by molar-refractivity contribution is -0.137. The largest absolute Gasteiger partial charge is 0.416 e. The number of rotatable bonds is 4. The minimum atomic E-state index is -4.62. The zero-order valence-electron chi connectivity index (χ0n) is 11.2. The summed E-state index contributed by atoms with van der Waals surface area (Å²) in [5.74, 6) is -1.00. The van der Waals surface area contributed by atoms with Gasteiger partial charge in [0, 0.05) is 0 Å². The van der Waals surface area contributed by atoms with Crippen molar-refractivity contribution in [1.29, 1.82) is 0 Å². The Hall–Kier alpha value is -1.84. The van der Waals surface area contributed by atoms with Crippen molar-refractivity contribution in [2.45, 2.75) is 11.1 Å². The Bertz CT molecular complexity index is 825. The predicted molar refractivity (Wildman–Crippen MR) is 76.8 cm³/mol. The van der Waals surface area contributed by atoms with Crippen LogP contribution in [0.5, 0.6) is 0 Å². The quantitative estimate of drug-likeness (QED) is 0.637. The molecule has 10 heteroatoms. The third-order valence-corrected chi connectivity index (χ3v) is 4.35. The van der Waals surface area contributed by atoms with E-state index in [1.54, 1.807) is 4.83 Å². The van der Waals surface area contributed by atoms with Crippen LogP contribution in [-0.4, -0.2) is 8.42 Å². The summed E-state index contributed by atoms with van der Waals surface area (Å²) in [5, 5.41) is -0.144. The van der Waals surface area contributed by atoms with E-state index in [1.807, 2.05) is 0 Å². The molecule has 0 heterocycles. The van der Waals surface area contributed by atoms with E-state index in [0.717, 1.165) is 24.3 Å². The molecule has 2 aromatic rings. The maximum atomic E-state index is 13.5. The molecule has 4 nitrogen and oxygen atoms in total. The number of alkyl halides is 3. The lowest BCUT2D eigenvalue weighted by atomic mass is 10.2. The smallest absolute Gasteiger partial charge is 0.306 e. The standard InChI is InChI=1S/C13H9ClF4N2O2S/c14-9-6-5-8(13(16,17)18)7-11(9)19-20-23(21,22)12-4-2-1-3-10(12)15/h1-7,19-20H. The molecule has 2 aromatic carbocycles. The second kappa shape index (κ2) is 6.34. The van der Waals surface area contributed by atoms with Gasteiger partial charge in [-0.05, 0) is 30.3 Å². The molecule has 0 saturated carbocycles. The molecule has 0 atom stereocenters. The first-order valence-electron chi connectivity index (χ1n) is 6.00. The first-order chi connectivity index (χ1) is 10.6. The van der Waals surface area contributed by atoms with Crippen molar-refractivity contribution in [2.24, 2.45) is 0 Å². The van der Waals surface area contributed by atoms with E-state index >= 15 is 0 Å². The van der Waals surface area contributed by atoms with Gasteiger partial charge >= 0.3 is 6.18 Å². The summed E-state index contributed by atoms with van der Waals surface area (Å²) in [7, 11) is -4.33. The van der Waals surface area contributed by atoms with Crippen LogP contribution in [-0.2, 0) is 16.2 Å². The van der Waals surface area contributed by atoms with Gasteiger partial charge in [-0.25, -0.2) is 12.8 Å². The van der Waals surface area contributed by atoms with E-state index in [9.17, 15) is 26.0 Å². The highest BCUT2D eigenvalue weighted by Gasteiger charge is 2.31. The Morgan fingerprint density at radius 1 is 1.04 bits per heavy atom. The van der Waals surface area contributed by atoms with Crippen LogP contribution < -0.4 is 10.3 Å². The molecule has 2 N–H and O–H groups in total. The second-order valence-corrected chi connectivity index (χ2v) is 6.41. The van der Waals surface area contributed by atoms with Crippen molar-refractivity contribution in [3.63, 3.8) is 0 Å². The zero-order chi connectivity index (χ0) is 17.3. The molecule has 0 aliphatic rings. The lowest BCUT2D eigenvalue weighted by Gasteiger charge is -2.13. The number of sulfonamides is 1. The summed E-state index contributed by atoms with van der Waals surface area (Å²) in [6.07, 6.45) is -4.62. The molecule has 124 valence electrons. The van der Waals surface area contributed by atoms with Gasteiger partial charge in [-0.15, -0.1) is 4.83 Å². The number of hydrogen-bond acceptors (Lipinski definition) is 3. The van der Waals surface area contributed by atoms with E-state index in [2.05, 4.69) is 5.43 Å². The van der Waals surface area contributed by atoms with Gasteiger partial charge in [0.25, 0.3) is 10.0 Å². The van der Waals surface area contributed by atoms with E-state index < -0.39 is 32.5 Å². The maximum absolute atomic E-state index is 13.5. The molecule has 0 unspecified atom stereocenters. The molecule has 0 aliphatic heterocycles. The van der Waals surface area contributed by atoms with Crippen LogP contribution in [0, 0.1) is 5.82 Å². The monoisotopic (exact) mass is 368 g/mol. The highest BCUT2D eigenvalue weighted by Crippen LogP contribution is 2.33. The second-order valence-electron chi connectivity index (χ2n) is 4.35. The van der Waals surface area contributed by atoms with Gasteiger partial charge in [-0.3, -0.25) is 0 Å². The molecule has 2 rings (SSSR count). The summed E-state index contributed by atoms with van der Waals surface area (Å²) in [6.45, 7) is 0. The topological polar surface area (TPSA) is 58.2 Å². The van der Waals surface area contributed by atoms with E-state index in [0.29, 0.717) is 6.07 Å². The van der Waals surface area contributed by atoms with Crippen molar-refractivity contribution >= 4 is 27.3 Å². The Morgan fingerprint density at radius 3 is 2.30 bits per heavy atom. The van der Waals surface area contributed by atoms with Crippen molar-refractivity contribution in [2.75, 3.05) is 5.43 Å². The maximum Gasteiger partial charge on any atom is 0.416 e. The normalized spacial score (nSPS) is 12.2. The van der Waals surface area contributed by atoms with E-state index in [-0.39, 0.29) is 10.7 Å². The van der Waals surface area contributed by atoms with Crippen LogP contribution in [0.1, 0.15) is 5.56 Å². The van der Waals surface area contributed by atoms with E-state index in [4.69, 9.17) is 11.6 Å². The molecule has 0 fully saturated rings. The fourth-order valence-corrected chi connectivity index (χ4v) is 2.74. The summed E-state index contributed by atoms with van der Waals surface area (Å²) in [5.41, 5.74) is 0.718. The minimum Gasteiger partial charge on any atom is -0.306 e. The van der Waals surface area contributed by atoms with Crippen LogP contribution in [0.4, 0.5) is 23.2 Å². The number of benzene rings is 2. The van der Waals surface area contributed by atoms with Crippen LogP contribution in [0.2, 0.25) is 5.02 Å². The average molecular weight is 369 g/mol. The highest BCUT2D eigenvalue weighted by molar-refractivity contribution is 7.89. The SMILES string of the molecule is O=S(=O)(NNc1cc(C(F)(F)F)ccc1Cl)c1ccccc1F. The predicted octanol–water partition coefficient (Wildman–Crippen LogP) is 3.80. The Labute approximate surface area is 134 Å². The van der Waals surface area contributed by atoms with Gasteiger partial charge in [-0.2, -0.15) is 13.2 Å². The van der Waals surface area contributed by atoms with Gasteiger partial charge in [0.1, 0.15) is 10.7 Å². The number of anilines is 1. The highest BCUT2D eigenvalue weighted by atomic mass is 35.5. The molecular weight excluding hydrogens is 360 g/mol. The average Bonchev–Trinajstić information content (AvgIpc) is 2.45. The summed E-state index contributed by atoms with van der Waals surface area (Å²) < 4.78 is 75.3. The molecule has 0 amide bonds. The summed E-state index contributed by atoms with van der Waals surface area (Å²) in [4.78, 5) is 1.13. The Balaban J connectivity index is 2.26. The number of hydrogen-bond donors (Lipinski definition) is 2. The first-order valence-corrected chi connectivity index (χ1v) is 7.86. The van der Waals surface area contributed by atoms with Crippen molar-refractivity contribution in [1.82, 2.24) is 4.83 Å². The van der Waals surface area contributed by atoms with Crippen LogP contribution >= 0.6 is 11.6 Å². The van der Waals surface area contributed by atoms with Gasteiger partial charge in [0.15, 0.2) is 0 Å². The zero-order valence-corrected chi connectivity index (χ0v) is 12.7. The fourth-order valence-electron chi connectivity index (χ4n) is 1.64. The number of nitrogens with one attached hydrogen (secondary N) is 2. The van der Waals surface area contributed by atoms with Crippen molar-refractivity contribution < 1.29 is 26.0 Å². The molecule has 0 bridgehead atoms. The third kappa shape index (κ3) is 4.12. The molecule has 23 heavy (non-hydrogen) atoms. The molecule has 0 spiro atoms. The van der Waals surface area contributed by atoms with Gasteiger partial charge in [0.2, 0.25) is 0 Å². The van der Waals surface area contributed by atoms with Crippen LogP contribution in [0.3, 0.4) is 0 Å². The third-order valence-electron chi connectivity index (χ3n) is 2.74. The van der Waals surface area contributed by atoms with Gasteiger partial charge < -0.3 is 5.43 Å². The summed E-state index contributed by atoms with van der Waals surface area (Å²) in [6, 6.07) is 6.88. The molecule has 0 aliphatic carbocycles. The Morgan fingerprint density at radius 2 is 1.70 bits per heavy atom. The number of hydrazine groups is 1. The van der Waals surface area contributed by atoms with Gasteiger partial charge in [-0.1, -0.05) is 23.7 Å². The van der Waals surface area contributed by atoms with Gasteiger partial charge in [0.05, 0.1) is 16.3 Å². The van der Waals surface area contributed by atoms with Crippen LogP contribution in [0.15, 0.2) is 47.4 Å². The minimum absolute atomic E-state index is 0.144. The molecular formula is C13H9ClF4N2O2S. The van der Waals surface area contributed by atoms with Crippen LogP contribution in [0.25, 0.3) is 0 Å². The van der Waals surface area contributed by atoms with Crippen molar-refractivity contribution in [3.8, 4) is 0 Å². The molecule has 0 saturated heterocycles. The van der Waals surface area contributed by atoms with E-state index in [1.165, 1.54) is 12.1 Å². The van der Waals surface area contributed by atoms with Crippen molar-refractivity contribution in [3.05, 3.63) is 58.9 Å². The first kappa shape index (κ1) is 17.5. The lowest BCUT2D eigenvalue weighted by Crippen LogP contribution is -2.30. The molecule has 0 radical (unpaired) electrons. The number of halogens is 5. The fraction of sp³-hybridized carbons (Fsp3) is 0.0769. The molecule has 0 aromatic heterocycles.